The zero-order valence-corrected chi connectivity index (χ0v) is 16.6. The van der Waals surface area contributed by atoms with E-state index in [1.807, 2.05) is 24.3 Å². The molecule has 0 heterocycles. The van der Waals surface area contributed by atoms with Gasteiger partial charge in [0.25, 0.3) is 0 Å². The maximum absolute atomic E-state index is 12.2. The van der Waals surface area contributed by atoms with E-state index < -0.39 is 6.10 Å². The minimum Gasteiger partial charge on any atom is -0.494 e. The van der Waals surface area contributed by atoms with E-state index in [1.54, 1.807) is 0 Å². The lowest BCUT2D eigenvalue weighted by Crippen LogP contribution is -2.45. The van der Waals surface area contributed by atoms with Crippen LogP contribution in [0, 0.1) is 11.8 Å². The molecule has 1 aliphatic carbocycles. The van der Waals surface area contributed by atoms with E-state index in [-0.39, 0.29) is 30.3 Å². The van der Waals surface area contributed by atoms with Crippen molar-refractivity contribution in [3.63, 3.8) is 0 Å². The van der Waals surface area contributed by atoms with E-state index in [1.165, 1.54) is 5.56 Å². The van der Waals surface area contributed by atoms with Gasteiger partial charge in [-0.25, -0.2) is 0 Å². The lowest BCUT2D eigenvalue weighted by molar-refractivity contribution is -0.126. The van der Waals surface area contributed by atoms with Gasteiger partial charge in [-0.3, -0.25) is 4.79 Å². The molecular formula is C20H33ClN2O3. The highest BCUT2D eigenvalue weighted by molar-refractivity contribution is 5.85. The number of carbonyl (C=O) groups is 1. The average molecular weight is 385 g/mol. The van der Waals surface area contributed by atoms with Crippen molar-refractivity contribution < 1.29 is 14.6 Å². The molecule has 0 spiro atoms. The number of aliphatic hydroxyl groups is 1. The van der Waals surface area contributed by atoms with Crippen LogP contribution in [0.1, 0.15) is 45.1 Å². The van der Waals surface area contributed by atoms with Gasteiger partial charge in [-0.05, 0) is 55.7 Å². The number of benzene rings is 1. The second-order valence-corrected chi connectivity index (χ2v) is 7.46. The average Bonchev–Trinajstić information content (AvgIpc) is 2.58. The van der Waals surface area contributed by atoms with Gasteiger partial charge in [0.15, 0.2) is 0 Å². The zero-order valence-electron chi connectivity index (χ0n) is 15.8. The number of hydrogen-bond acceptors (Lipinski definition) is 4. The third-order valence-corrected chi connectivity index (χ3v) is 4.83. The minimum absolute atomic E-state index is 0. The Bertz CT molecular complexity index is 536. The van der Waals surface area contributed by atoms with Crippen LogP contribution in [-0.2, 0) is 11.2 Å². The van der Waals surface area contributed by atoms with E-state index in [4.69, 9.17) is 10.5 Å². The van der Waals surface area contributed by atoms with Gasteiger partial charge in [0, 0.05) is 18.5 Å². The molecule has 3 atom stereocenters. The molecule has 1 aromatic rings. The summed E-state index contributed by atoms with van der Waals surface area (Å²) in [5.74, 6) is 1.51. The molecule has 148 valence electrons. The van der Waals surface area contributed by atoms with E-state index in [0.717, 1.165) is 25.2 Å². The Labute approximate surface area is 163 Å². The molecule has 1 amide bonds. The quantitative estimate of drug-likeness (QED) is 0.643. The molecule has 0 bridgehead atoms. The summed E-state index contributed by atoms with van der Waals surface area (Å²) in [6.45, 7) is 5.72. The summed E-state index contributed by atoms with van der Waals surface area (Å²) in [4.78, 5) is 12.2. The van der Waals surface area contributed by atoms with Gasteiger partial charge in [0.05, 0.1) is 12.7 Å². The summed E-state index contributed by atoms with van der Waals surface area (Å²) < 4.78 is 5.71. The Morgan fingerprint density at radius 1 is 1.31 bits per heavy atom. The zero-order chi connectivity index (χ0) is 18.2. The predicted molar refractivity (Wildman–Crippen MR) is 107 cm³/mol. The van der Waals surface area contributed by atoms with Gasteiger partial charge in [0.2, 0.25) is 5.91 Å². The number of carbonyl (C=O) groups excluding carboxylic acids is 1. The smallest absolute Gasteiger partial charge is 0.223 e. The Hall–Kier alpha value is -1.30. The van der Waals surface area contributed by atoms with Crippen LogP contribution in [0.5, 0.6) is 5.75 Å². The first kappa shape index (κ1) is 22.7. The van der Waals surface area contributed by atoms with Gasteiger partial charge in [-0.2, -0.15) is 0 Å². The molecular weight excluding hydrogens is 352 g/mol. The summed E-state index contributed by atoms with van der Waals surface area (Å²) in [7, 11) is 0. The molecule has 2 rings (SSSR count). The number of ether oxygens (including phenoxy) is 1. The van der Waals surface area contributed by atoms with Crippen LogP contribution < -0.4 is 15.8 Å². The third kappa shape index (κ3) is 7.52. The molecule has 1 aromatic carbocycles. The first-order chi connectivity index (χ1) is 12.0. The molecule has 4 N–H and O–H groups in total. The van der Waals surface area contributed by atoms with E-state index in [9.17, 15) is 9.90 Å². The van der Waals surface area contributed by atoms with E-state index >= 15 is 0 Å². The van der Waals surface area contributed by atoms with Gasteiger partial charge in [-0.1, -0.05) is 26.0 Å². The number of nitrogens with one attached hydrogen (secondary N) is 1. The molecule has 1 fully saturated rings. The van der Waals surface area contributed by atoms with E-state index in [2.05, 4.69) is 19.2 Å². The lowest BCUT2D eigenvalue weighted by atomic mass is 9.83. The Morgan fingerprint density at radius 3 is 2.62 bits per heavy atom. The fourth-order valence-corrected chi connectivity index (χ4v) is 3.07. The number of rotatable bonds is 8. The maximum atomic E-state index is 12.2. The first-order valence-electron chi connectivity index (χ1n) is 9.38. The number of amides is 1. The van der Waals surface area contributed by atoms with Crippen LogP contribution in [-0.4, -0.2) is 36.3 Å². The van der Waals surface area contributed by atoms with Gasteiger partial charge in [-0.15, -0.1) is 12.4 Å². The van der Waals surface area contributed by atoms with Crippen molar-refractivity contribution in [1.29, 1.82) is 0 Å². The summed E-state index contributed by atoms with van der Waals surface area (Å²) in [6.07, 6.45) is 3.26. The van der Waals surface area contributed by atoms with Crippen LogP contribution in [0.25, 0.3) is 0 Å². The van der Waals surface area contributed by atoms with Crippen molar-refractivity contribution in [2.75, 3.05) is 13.2 Å². The molecule has 6 heteroatoms. The van der Waals surface area contributed by atoms with Crippen molar-refractivity contribution in [3.05, 3.63) is 29.8 Å². The maximum Gasteiger partial charge on any atom is 0.223 e. The fourth-order valence-electron chi connectivity index (χ4n) is 3.07. The fraction of sp³-hybridized carbons (Fsp3) is 0.650. The lowest BCUT2D eigenvalue weighted by Gasteiger charge is -2.30. The van der Waals surface area contributed by atoms with Crippen LogP contribution in [0.4, 0.5) is 0 Å². The second kappa shape index (κ2) is 11.4. The molecule has 26 heavy (non-hydrogen) atoms. The van der Waals surface area contributed by atoms with Crippen molar-refractivity contribution in [2.45, 2.75) is 58.1 Å². The summed E-state index contributed by atoms with van der Waals surface area (Å²) in [6, 6.07) is 7.78. The van der Waals surface area contributed by atoms with Gasteiger partial charge < -0.3 is 20.9 Å². The molecule has 0 saturated heterocycles. The van der Waals surface area contributed by atoms with Crippen LogP contribution >= 0.6 is 12.4 Å². The normalized spacial score (nSPS) is 22.6. The van der Waals surface area contributed by atoms with Crippen molar-refractivity contribution >= 4 is 18.3 Å². The standard InChI is InChI=1S/C20H32N2O3.ClH/c1-14(2)10-12-25-17-6-3-15(4-7-17)9-11-22-20(24)16-5-8-19(23)18(21)13-16;/h3-4,6-7,14,16,18-19,23H,5,8-13,21H2,1-2H3,(H,22,24);1H/t16-,18+,19+;/m0./s1. The second-order valence-electron chi connectivity index (χ2n) is 7.46. The van der Waals surface area contributed by atoms with Gasteiger partial charge in [0.1, 0.15) is 5.75 Å². The highest BCUT2D eigenvalue weighted by Crippen LogP contribution is 2.23. The summed E-state index contributed by atoms with van der Waals surface area (Å²) >= 11 is 0. The molecule has 5 nitrogen and oxygen atoms in total. The number of nitrogens with two attached hydrogens (primary N) is 1. The summed E-state index contributed by atoms with van der Waals surface area (Å²) in [5, 5.41) is 12.6. The van der Waals surface area contributed by atoms with Crippen LogP contribution in [0.3, 0.4) is 0 Å². The monoisotopic (exact) mass is 384 g/mol. The summed E-state index contributed by atoms with van der Waals surface area (Å²) in [5.41, 5.74) is 7.02. The molecule has 0 aromatic heterocycles. The minimum atomic E-state index is -0.467. The van der Waals surface area contributed by atoms with Crippen LogP contribution in [0.2, 0.25) is 0 Å². The highest BCUT2D eigenvalue weighted by atomic mass is 35.5. The Morgan fingerprint density at radius 2 is 2.00 bits per heavy atom. The number of halogens is 1. The highest BCUT2D eigenvalue weighted by Gasteiger charge is 2.30. The Kier molecular flexibility index (Phi) is 9.99. The van der Waals surface area contributed by atoms with Crippen molar-refractivity contribution in [1.82, 2.24) is 5.32 Å². The third-order valence-electron chi connectivity index (χ3n) is 4.83. The molecule has 0 aliphatic heterocycles. The number of aliphatic hydroxyl groups excluding tert-OH is 1. The molecule has 1 aliphatic rings. The van der Waals surface area contributed by atoms with Crippen molar-refractivity contribution in [2.24, 2.45) is 17.6 Å². The SMILES string of the molecule is CC(C)CCOc1ccc(CCNC(=O)[C@H]2CC[C@@H](O)[C@H](N)C2)cc1.Cl. The topological polar surface area (TPSA) is 84.6 Å². The predicted octanol–water partition coefficient (Wildman–Crippen LogP) is 2.68. The molecule has 0 unspecified atom stereocenters. The first-order valence-corrected chi connectivity index (χ1v) is 9.38. The largest absolute Gasteiger partial charge is 0.494 e. The van der Waals surface area contributed by atoms with E-state index in [0.29, 0.717) is 31.7 Å². The van der Waals surface area contributed by atoms with Crippen molar-refractivity contribution in [3.8, 4) is 5.75 Å². The van der Waals surface area contributed by atoms with Gasteiger partial charge >= 0.3 is 0 Å². The Balaban J connectivity index is 0.00000338. The van der Waals surface area contributed by atoms with Crippen LogP contribution in [0.15, 0.2) is 24.3 Å². The number of hydrogen-bond donors (Lipinski definition) is 3. The molecule has 1 saturated carbocycles. The molecule has 0 radical (unpaired) electrons.